The molecule has 0 N–H and O–H groups in total. The van der Waals surface area contributed by atoms with Crippen LogP contribution in [0.2, 0.25) is 11.5 Å². The standard InChI is InChI=1S/C34H30Ge.2ClH.Zr/c1-23-21-27-17-11-19-29(25-13-7-5-8-14-25)31(27)33(23)35(3,4)34-24(2)22-28-18-12-20-30(32(28)34)26-15-9-6-10-16-26;;;/h5-22H,1-4H3;2*1H;/q;;;+2/p-2. The molecule has 38 heavy (non-hydrogen) atoms. The fourth-order valence-electron chi connectivity index (χ4n) is 7.94. The third kappa shape index (κ3) is 3.38. The van der Waals surface area contributed by atoms with Crippen molar-refractivity contribution in [3.63, 3.8) is 0 Å². The van der Waals surface area contributed by atoms with E-state index in [1.165, 1.54) is 55.7 Å². The van der Waals surface area contributed by atoms with Gasteiger partial charge in [0.05, 0.1) is 0 Å². The number of fused-ring (bicyclic) bond motifs is 8. The molecule has 2 atom stereocenters. The number of hydrogen-bond acceptors (Lipinski definition) is 0. The number of benzene rings is 4. The molecule has 4 aromatic carbocycles. The van der Waals surface area contributed by atoms with Crippen LogP contribution in [0.25, 0.3) is 31.1 Å². The topological polar surface area (TPSA) is 0 Å². The SMILES string of the molecule is CC1=[C]2c3c(-c4ccccc4)cccc3[CH]1[Zr]([Cl])([Cl])[CH]1C(C)=[C](c3c(-c4ccccc4)cccc31)[Ge]2([CH3])[CH3]. The Bertz CT molecular complexity index is 1560. The number of rotatable bonds is 2. The Morgan fingerprint density at radius 1 is 0.553 bits per heavy atom. The van der Waals surface area contributed by atoms with Gasteiger partial charge < -0.3 is 0 Å². The van der Waals surface area contributed by atoms with Gasteiger partial charge in [-0.15, -0.1) is 0 Å². The molecule has 4 heteroatoms. The minimum absolute atomic E-state index is 0.166. The molecule has 0 spiro atoms. The summed E-state index contributed by atoms with van der Waals surface area (Å²) in [5.74, 6) is 5.23. The molecule has 4 bridgehead atoms. The van der Waals surface area contributed by atoms with Crippen molar-refractivity contribution in [2.45, 2.75) is 32.6 Å². The first-order valence-electron chi connectivity index (χ1n) is 13.4. The average molecular weight is 673 g/mol. The second kappa shape index (κ2) is 8.94. The van der Waals surface area contributed by atoms with Crippen molar-refractivity contribution in [2.75, 3.05) is 0 Å². The predicted octanol–water partition coefficient (Wildman–Crippen LogP) is 10.6. The molecule has 2 unspecified atom stereocenters. The molecular formula is C34H30Cl2GeZr. The number of halogens is 2. The van der Waals surface area contributed by atoms with Gasteiger partial charge in [0.15, 0.2) is 0 Å². The molecule has 4 aromatic rings. The molecule has 0 aromatic heterocycles. The second-order valence-electron chi connectivity index (χ2n) is 11.6. The summed E-state index contributed by atoms with van der Waals surface area (Å²) in [7, 11) is 15.8. The molecule has 188 valence electrons. The summed E-state index contributed by atoms with van der Waals surface area (Å²) in [5.41, 5.74) is 13.8. The zero-order valence-electron chi connectivity index (χ0n) is 22.1. The maximum absolute atomic E-state index is 7.90. The van der Waals surface area contributed by atoms with E-state index in [2.05, 4.69) is 122 Å². The monoisotopic (exact) mass is 672 g/mol. The van der Waals surface area contributed by atoms with E-state index in [0.717, 1.165) is 0 Å². The Morgan fingerprint density at radius 2 is 0.947 bits per heavy atom. The van der Waals surface area contributed by atoms with E-state index in [0.29, 0.717) is 0 Å². The minimum atomic E-state index is -3.92. The fraction of sp³-hybridized carbons (Fsp3) is 0.176. The van der Waals surface area contributed by atoms with Gasteiger partial charge >= 0.3 is 242 Å². The Labute approximate surface area is 240 Å². The van der Waals surface area contributed by atoms with Gasteiger partial charge in [-0.05, 0) is 0 Å². The molecule has 3 aliphatic rings. The quantitative estimate of drug-likeness (QED) is 0.186. The number of hydrogen-bond donors (Lipinski definition) is 0. The average Bonchev–Trinajstić information content (AvgIpc) is 3.41. The second-order valence-corrected chi connectivity index (χ2v) is 35.2. The zero-order valence-corrected chi connectivity index (χ0v) is 28.2. The van der Waals surface area contributed by atoms with Crippen LogP contribution in [0.4, 0.5) is 0 Å². The van der Waals surface area contributed by atoms with Crippen LogP contribution in [-0.2, 0) is 17.9 Å². The molecule has 7 rings (SSSR count). The van der Waals surface area contributed by atoms with Gasteiger partial charge in [-0.3, -0.25) is 0 Å². The van der Waals surface area contributed by atoms with Gasteiger partial charge in [-0.25, -0.2) is 0 Å². The molecule has 1 heterocycles. The molecule has 0 radical (unpaired) electrons. The molecule has 0 amide bonds. The summed E-state index contributed by atoms with van der Waals surface area (Å²) in [6.45, 7) is 4.73. The van der Waals surface area contributed by atoms with E-state index >= 15 is 0 Å². The first-order chi connectivity index (χ1) is 18.2. The normalized spacial score (nSPS) is 22.2. The van der Waals surface area contributed by atoms with Crippen molar-refractivity contribution < 1.29 is 17.9 Å². The van der Waals surface area contributed by atoms with Crippen LogP contribution in [0.15, 0.2) is 108 Å². The van der Waals surface area contributed by atoms with E-state index in [1.807, 2.05) is 0 Å². The van der Waals surface area contributed by atoms with Crippen molar-refractivity contribution in [3.05, 3.63) is 130 Å². The van der Waals surface area contributed by atoms with Gasteiger partial charge in [-0.2, -0.15) is 0 Å². The van der Waals surface area contributed by atoms with Crippen LogP contribution in [-0.4, -0.2) is 13.3 Å². The van der Waals surface area contributed by atoms with Crippen LogP contribution < -0.4 is 0 Å². The Kier molecular flexibility index (Phi) is 5.96. The predicted molar refractivity (Wildman–Crippen MR) is 164 cm³/mol. The van der Waals surface area contributed by atoms with Crippen LogP contribution in [0.3, 0.4) is 0 Å². The van der Waals surface area contributed by atoms with Crippen LogP contribution >= 0.6 is 17.0 Å². The Balaban J connectivity index is 1.57. The molecule has 0 saturated carbocycles. The maximum atomic E-state index is 7.90. The first kappa shape index (κ1) is 25.3. The third-order valence-electron chi connectivity index (χ3n) is 9.16. The van der Waals surface area contributed by atoms with Crippen molar-refractivity contribution in [1.82, 2.24) is 0 Å². The summed E-state index contributed by atoms with van der Waals surface area (Å²) in [5, 5.41) is 0. The van der Waals surface area contributed by atoms with Crippen molar-refractivity contribution in [1.29, 1.82) is 0 Å². The van der Waals surface area contributed by atoms with Gasteiger partial charge in [-0.1, -0.05) is 0 Å². The van der Waals surface area contributed by atoms with E-state index in [-0.39, 0.29) is 7.25 Å². The molecule has 0 saturated heterocycles. The van der Waals surface area contributed by atoms with E-state index in [4.69, 9.17) is 17.0 Å². The third-order valence-corrected chi connectivity index (χ3v) is 29.7. The summed E-state index contributed by atoms with van der Waals surface area (Å²) in [4.78, 5) is 0. The molecular weight excluding hydrogens is 643 g/mol. The van der Waals surface area contributed by atoms with E-state index in [9.17, 15) is 0 Å². The van der Waals surface area contributed by atoms with Gasteiger partial charge in [0, 0.05) is 0 Å². The summed E-state index contributed by atoms with van der Waals surface area (Å²) < 4.78 is 3.55. The summed E-state index contributed by atoms with van der Waals surface area (Å²) in [6.07, 6.45) is 0. The Hall–Kier alpha value is -1.63. The van der Waals surface area contributed by atoms with Crippen LogP contribution in [0, 0.1) is 0 Å². The van der Waals surface area contributed by atoms with Crippen molar-refractivity contribution in [2.24, 2.45) is 0 Å². The van der Waals surface area contributed by atoms with Crippen molar-refractivity contribution in [3.8, 4) is 22.3 Å². The molecule has 0 fully saturated rings. The molecule has 1 aliphatic heterocycles. The first-order valence-corrected chi connectivity index (χ1v) is 28.9. The Morgan fingerprint density at radius 3 is 1.34 bits per heavy atom. The van der Waals surface area contributed by atoms with E-state index < -0.39 is 31.1 Å². The van der Waals surface area contributed by atoms with Crippen LogP contribution in [0.5, 0.6) is 0 Å². The fourth-order valence-corrected chi connectivity index (χ4v) is 32.7. The van der Waals surface area contributed by atoms with E-state index in [1.54, 1.807) is 8.81 Å². The summed E-state index contributed by atoms with van der Waals surface area (Å²) >= 11 is -6.80. The number of allylic oxidation sites excluding steroid dienone is 2. The zero-order chi connectivity index (χ0) is 26.4. The molecule has 0 nitrogen and oxygen atoms in total. The molecule has 2 aliphatic carbocycles. The van der Waals surface area contributed by atoms with Gasteiger partial charge in [0.25, 0.3) is 0 Å². The van der Waals surface area contributed by atoms with Crippen LogP contribution in [0.1, 0.15) is 43.4 Å². The summed E-state index contributed by atoms with van der Waals surface area (Å²) in [6, 6.07) is 35.5. The van der Waals surface area contributed by atoms with Crippen molar-refractivity contribution >= 4 is 39.1 Å². The van der Waals surface area contributed by atoms with Gasteiger partial charge in [0.2, 0.25) is 0 Å². The van der Waals surface area contributed by atoms with Gasteiger partial charge in [0.1, 0.15) is 0 Å².